The second-order valence-corrected chi connectivity index (χ2v) is 5.48. The predicted molar refractivity (Wildman–Crippen MR) is 102 cm³/mol. The van der Waals surface area contributed by atoms with Crippen LogP contribution in [0.4, 0.5) is 8.78 Å². The average molecular weight is 392 g/mol. The van der Waals surface area contributed by atoms with Crippen LogP contribution in [0.1, 0.15) is 29.8 Å². The lowest BCUT2D eigenvalue weighted by molar-refractivity contribution is -0.0513. The Kier molecular flexibility index (Phi) is 7.80. The molecule has 0 radical (unpaired) electrons. The van der Waals surface area contributed by atoms with Gasteiger partial charge in [0.05, 0.1) is 20.3 Å². The van der Waals surface area contributed by atoms with Crippen molar-refractivity contribution in [2.24, 2.45) is 0 Å². The van der Waals surface area contributed by atoms with Gasteiger partial charge in [-0.2, -0.15) is 8.78 Å². The van der Waals surface area contributed by atoms with Crippen LogP contribution in [0.5, 0.6) is 23.0 Å². The van der Waals surface area contributed by atoms with Crippen LogP contribution in [0.15, 0.2) is 42.5 Å². The summed E-state index contributed by atoms with van der Waals surface area (Å²) in [7, 11) is 1.35. The van der Waals surface area contributed by atoms with E-state index < -0.39 is 6.61 Å². The molecule has 2 aromatic carbocycles. The zero-order valence-corrected chi connectivity index (χ0v) is 15.9. The Labute approximate surface area is 162 Å². The van der Waals surface area contributed by atoms with Gasteiger partial charge in [0.25, 0.3) is 0 Å². The highest BCUT2D eigenvalue weighted by atomic mass is 19.3. The quantitative estimate of drug-likeness (QED) is 0.421. The molecule has 0 heterocycles. The van der Waals surface area contributed by atoms with E-state index in [1.165, 1.54) is 25.3 Å². The second-order valence-electron chi connectivity index (χ2n) is 5.48. The fourth-order valence-corrected chi connectivity index (χ4v) is 2.51. The molecule has 0 aliphatic rings. The molecule has 0 unspecified atom stereocenters. The minimum absolute atomic E-state index is 0.134. The summed E-state index contributed by atoms with van der Waals surface area (Å²) in [6.07, 6.45) is 2.68. The Bertz CT molecular complexity index is 834. The maximum absolute atomic E-state index is 12.7. The minimum atomic E-state index is -3.01. The maximum Gasteiger partial charge on any atom is 0.387 e. The first-order valence-corrected chi connectivity index (χ1v) is 8.74. The normalized spacial score (nSPS) is 10.9. The van der Waals surface area contributed by atoms with Crippen molar-refractivity contribution in [1.29, 1.82) is 0 Å². The molecule has 28 heavy (non-hydrogen) atoms. The highest BCUT2D eigenvalue weighted by Gasteiger charge is 2.15. The molecule has 5 nitrogen and oxygen atoms in total. The molecule has 7 heteroatoms. The molecule has 0 aliphatic carbocycles. The Balaban J connectivity index is 2.30. The van der Waals surface area contributed by atoms with E-state index in [-0.39, 0.29) is 17.3 Å². The van der Waals surface area contributed by atoms with Crippen molar-refractivity contribution < 1.29 is 32.5 Å². The third-order valence-corrected chi connectivity index (χ3v) is 3.68. The number of hydrogen-bond donors (Lipinski definition) is 0. The van der Waals surface area contributed by atoms with Crippen LogP contribution in [0.2, 0.25) is 0 Å². The highest BCUT2D eigenvalue weighted by Crippen LogP contribution is 2.33. The Morgan fingerprint density at radius 3 is 2.39 bits per heavy atom. The van der Waals surface area contributed by atoms with Gasteiger partial charge in [-0.25, -0.2) is 0 Å². The summed E-state index contributed by atoms with van der Waals surface area (Å²) >= 11 is 0. The lowest BCUT2D eigenvalue weighted by atomic mass is 10.1. The molecular formula is C21H22F2O5. The molecule has 0 aromatic heterocycles. The van der Waals surface area contributed by atoms with Gasteiger partial charge < -0.3 is 18.9 Å². The first kappa shape index (κ1) is 21.2. The van der Waals surface area contributed by atoms with Crippen LogP contribution in [-0.2, 0) is 0 Å². The molecule has 0 bridgehead atoms. The lowest BCUT2D eigenvalue weighted by Crippen LogP contribution is -2.05. The van der Waals surface area contributed by atoms with Gasteiger partial charge in [-0.05, 0) is 50.3 Å². The van der Waals surface area contributed by atoms with Crippen LogP contribution >= 0.6 is 0 Å². The van der Waals surface area contributed by atoms with E-state index in [9.17, 15) is 13.6 Å². The second kappa shape index (κ2) is 10.3. The molecule has 2 rings (SSSR count). The van der Waals surface area contributed by atoms with Gasteiger partial charge in [0.15, 0.2) is 28.8 Å². The van der Waals surface area contributed by atoms with Gasteiger partial charge in [-0.15, -0.1) is 0 Å². The standard InChI is InChI=1S/C21H22F2O5/c1-4-26-17-12-10-15(13-19(17)27-5-2)16(24)11-9-14-7-6-8-18(25-3)20(14)28-21(22)23/h6-13,21H,4-5H2,1-3H3/b11-9+. The number of ketones is 1. The van der Waals surface area contributed by atoms with Crippen molar-refractivity contribution in [3.8, 4) is 23.0 Å². The first-order chi connectivity index (χ1) is 13.5. The highest BCUT2D eigenvalue weighted by molar-refractivity contribution is 6.07. The number of halogens is 2. The van der Waals surface area contributed by atoms with E-state index in [1.54, 1.807) is 30.3 Å². The lowest BCUT2D eigenvalue weighted by Gasteiger charge is -2.12. The molecule has 0 N–H and O–H groups in total. The maximum atomic E-state index is 12.7. The topological polar surface area (TPSA) is 54.0 Å². The van der Waals surface area contributed by atoms with Crippen molar-refractivity contribution in [2.45, 2.75) is 20.5 Å². The molecule has 0 aliphatic heterocycles. The predicted octanol–water partition coefficient (Wildman–Crippen LogP) is 4.99. The largest absolute Gasteiger partial charge is 0.493 e. The number of carbonyl (C=O) groups excluding carboxylic acids is 1. The molecule has 150 valence electrons. The average Bonchev–Trinajstić information content (AvgIpc) is 2.68. The van der Waals surface area contributed by atoms with Crippen LogP contribution in [0.25, 0.3) is 6.08 Å². The van der Waals surface area contributed by atoms with Crippen LogP contribution in [-0.4, -0.2) is 32.7 Å². The number of methoxy groups -OCH3 is 1. The molecule has 0 fully saturated rings. The molecule has 0 atom stereocenters. The zero-order valence-electron chi connectivity index (χ0n) is 15.9. The third-order valence-electron chi connectivity index (χ3n) is 3.68. The molecule has 0 amide bonds. The number of rotatable bonds is 10. The number of alkyl halides is 2. The SMILES string of the molecule is CCOc1ccc(C(=O)/C=C/c2cccc(OC)c2OC(F)F)cc1OCC. The Morgan fingerprint density at radius 2 is 1.75 bits per heavy atom. The number of ether oxygens (including phenoxy) is 4. The van der Waals surface area contributed by atoms with Crippen molar-refractivity contribution >= 4 is 11.9 Å². The van der Waals surface area contributed by atoms with Crippen LogP contribution in [0.3, 0.4) is 0 Å². The van der Waals surface area contributed by atoms with E-state index in [0.29, 0.717) is 35.8 Å². The monoisotopic (exact) mass is 392 g/mol. The van der Waals surface area contributed by atoms with Crippen molar-refractivity contribution in [3.63, 3.8) is 0 Å². The summed E-state index contributed by atoms with van der Waals surface area (Å²) < 4.78 is 46.0. The Hall–Kier alpha value is -3.09. The van der Waals surface area contributed by atoms with E-state index in [0.717, 1.165) is 0 Å². The zero-order chi connectivity index (χ0) is 20.5. The third kappa shape index (κ3) is 5.45. The molecule has 2 aromatic rings. The van der Waals surface area contributed by atoms with Gasteiger partial charge in [0.2, 0.25) is 0 Å². The fraction of sp³-hybridized carbons (Fsp3) is 0.286. The van der Waals surface area contributed by atoms with E-state index >= 15 is 0 Å². The number of benzene rings is 2. The van der Waals surface area contributed by atoms with Crippen LogP contribution < -0.4 is 18.9 Å². The number of hydrogen-bond acceptors (Lipinski definition) is 5. The molecule has 0 saturated carbocycles. The summed E-state index contributed by atoms with van der Waals surface area (Å²) in [6, 6.07) is 9.52. The fourth-order valence-electron chi connectivity index (χ4n) is 2.51. The summed E-state index contributed by atoms with van der Waals surface area (Å²) in [5.74, 6) is 0.701. The van der Waals surface area contributed by atoms with Crippen LogP contribution in [0, 0.1) is 0 Å². The minimum Gasteiger partial charge on any atom is -0.493 e. The summed E-state index contributed by atoms with van der Waals surface area (Å²) in [5.41, 5.74) is 0.673. The molecular weight excluding hydrogens is 370 g/mol. The summed E-state index contributed by atoms with van der Waals surface area (Å²) in [4.78, 5) is 12.5. The number of para-hydroxylation sites is 1. The van der Waals surface area contributed by atoms with E-state index in [1.807, 2.05) is 13.8 Å². The Morgan fingerprint density at radius 1 is 1.04 bits per heavy atom. The molecule has 0 saturated heterocycles. The summed E-state index contributed by atoms with van der Waals surface area (Å²) in [6.45, 7) is 1.56. The van der Waals surface area contributed by atoms with E-state index in [4.69, 9.17) is 14.2 Å². The first-order valence-electron chi connectivity index (χ1n) is 8.74. The summed E-state index contributed by atoms with van der Waals surface area (Å²) in [5, 5.41) is 0. The molecule has 0 spiro atoms. The van der Waals surface area contributed by atoms with Crippen molar-refractivity contribution in [2.75, 3.05) is 20.3 Å². The smallest absolute Gasteiger partial charge is 0.387 e. The van der Waals surface area contributed by atoms with E-state index in [2.05, 4.69) is 4.74 Å². The van der Waals surface area contributed by atoms with Gasteiger partial charge in [0, 0.05) is 11.1 Å². The van der Waals surface area contributed by atoms with Gasteiger partial charge in [-0.3, -0.25) is 4.79 Å². The van der Waals surface area contributed by atoms with Gasteiger partial charge >= 0.3 is 6.61 Å². The van der Waals surface area contributed by atoms with Crippen molar-refractivity contribution in [3.05, 3.63) is 53.6 Å². The van der Waals surface area contributed by atoms with Crippen molar-refractivity contribution in [1.82, 2.24) is 0 Å². The number of allylic oxidation sites excluding steroid dienone is 1. The number of carbonyl (C=O) groups is 1. The van der Waals surface area contributed by atoms with Gasteiger partial charge in [0.1, 0.15) is 0 Å². The van der Waals surface area contributed by atoms with Gasteiger partial charge in [-0.1, -0.05) is 12.1 Å².